The van der Waals surface area contributed by atoms with E-state index in [1.54, 1.807) is 49.4 Å². The third kappa shape index (κ3) is 3.10. The zero-order valence-electron chi connectivity index (χ0n) is 17.8. The van der Waals surface area contributed by atoms with E-state index in [0.717, 1.165) is 0 Å². The number of ether oxygens (including phenoxy) is 1. The average Bonchev–Trinajstić information content (AvgIpc) is 3.42. The molecule has 2 aromatic carbocycles. The molecule has 33 heavy (non-hydrogen) atoms. The number of hydrogen-bond acceptors (Lipinski definition) is 7. The molecule has 164 valence electrons. The Kier molecular flexibility index (Phi) is 4.78. The number of carbonyl (C=O) groups is 2. The standard InChI is InChI=1S/C25H18N2O6/c1-13-20(25(29)32-2)21(22-23(26-13)14-7-3-4-8-15(14)24(22)28)19-12-11-18(33-19)16-9-5-6-10-17(16)27(30)31/h3-12,20-21H,1-2H3/t20?,21-/m1/s1. The van der Waals surface area contributed by atoms with Crippen LogP contribution in [0.4, 0.5) is 5.69 Å². The van der Waals surface area contributed by atoms with Crippen molar-refractivity contribution in [2.45, 2.75) is 12.8 Å². The predicted octanol–water partition coefficient (Wildman–Crippen LogP) is 4.81. The van der Waals surface area contributed by atoms with Gasteiger partial charge in [-0.2, -0.15) is 0 Å². The highest BCUT2D eigenvalue weighted by Gasteiger charge is 2.47. The first kappa shape index (κ1) is 20.6. The summed E-state index contributed by atoms with van der Waals surface area (Å²) in [5.41, 5.74) is 2.80. The molecule has 1 unspecified atom stereocenters. The number of methoxy groups -OCH3 is 1. The minimum atomic E-state index is -0.864. The second-order valence-corrected chi connectivity index (χ2v) is 7.84. The molecule has 1 aliphatic heterocycles. The van der Waals surface area contributed by atoms with Gasteiger partial charge < -0.3 is 9.15 Å². The Morgan fingerprint density at radius 2 is 1.70 bits per heavy atom. The number of nitrogens with zero attached hydrogens (tertiary/aromatic N) is 2. The van der Waals surface area contributed by atoms with Crippen molar-refractivity contribution in [3.8, 4) is 11.3 Å². The zero-order valence-corrected chi connectivity index (χ0v) is 17.8. The molecule has 5 rings (SSSR count). The van der Waals surface area contributed by atoms with Gasteiger partial charge in [0.25, 0.3) is 5.69 Å². The van der Waals surface area contributed by atoms with Crippen LogP contribution in [0, 0.1) is 16.0 Å². The topological polar surface area (TPSA) is 112 Å². The minimum Gasteiger partial charge on any atom is -0.468 e. The summed E-state index contributed by atoms with van der Waals surface area (Å²) in [6.45, 7) is 1.72. The second kappa shape index (κ2) is 7.67. The van der Waals surface area contributed by atoms with Crippen LogP contribution in [0.15, 0.2) is 75.6 Å². The molecule has 0 N–H and O–H groups in total. The summed E-state index contributed by atoms with van der Waals surface area (Å²) in [6.07, 6.45) is 0. The van der Waals surface area contributed by atoms with Crippen LogP contribution >= 0.6 is 0 Å². The summed E-state index contributed by atoms with van der Waals surface area (Å²) >= 11 is 0. The number of esters is 1. The Labute approximate surface area is 188 Å². The van der Waals surface area contributed by atoms with Gasteiger partial charge in [-0.25, -0.2) is 0 Å². The third-order valence-electron chi connectivity index (χ3n) is 6.06. The van der Waals surface area contributed by atoms with Gasteiger partial charge in [-0.3, -0.25) is 24.7 Å². The van der Waals surface area contributed by atoms with Crippen molar-refractivity contribution in [1.82, 2.24) is 0 Å². The lowest BCUT2D eigenvalue weighted by molar-refractivity contribution is -0.384. The molecular formula is C25H18N2O6. The van der Waals surface area contributed by atoms with Gasteiger partial charge in [-0.05, 0) is 25.1 Å². The van der Waals surface area contributed by atoms with Gasteiger partial charge in [0.15, 0.2) is 5.78 Å². The summed E-state index contributed by atoms with van der Waals surface area (Å²) in [4.78, 5) is 41.8. The molecule has 0 saturated carbocycles. The van der Waals surface area contributed by atoms with E-state index in [-0.39, 0.29) is 17.2 Å². The van der Waals surface area contributed by atoms with Crippen molar-refractivity contribution in [3.63, 3.8) is 0 Å². The van der Waals surface area contributed by atoms with Crippen LogP contribution in [-0.4, -0.2) is 29.5 Å². The number of fused-ring (bicyclic) bond motifs is 2. The summed E-state index contributed by atoms with van der Waals surface area (Å²) in [6, 6.07) is 16.6. The van der Waals surface area contributed by atoms with E-state index in [9.17, 15) is 19.7 Å². The van der Waals surface area contributed by atoms with Gasteiger partial charge in [0.2, 0.25) is 0 Å². The fraction of sp³-hybridized carbons (Fsp3) is 0.160. The maximum Gasteiger partial charge on any atom is 0.315 e. The summed E-state index contributed by atoms with van der Waals surface area (Å²) in [5, 5.41) is 11.5. The van der Waals surface area contributed by atoms with E-state index in [2.05, 4.69) is 4.99 Å². The average molecular weight is 442 g/mol. The van der Waals surface area contributed by atoms with E-state index in [0.29, 0.717) is 39.4 Å². The molecule has 0 saturated heterocycles. The maximum atomic E-state index is 13.4. The number of hydrogen-bond donors (Lipinski definition) is 0. The van der Waals surface area contributed by atoms with Crippen LogP contribution in [0.3, 0.4) is 0 Å². The predicted molar refractivity (Wildman–Crippen MR) is 120 cm³/mol. The van der Waals surface area contributed by atoms with Crippen LogP contribution < -0.4 is 0 Å². The number of carbonyl (C=O) groups excluding carboxylic acids is 2. The smallest absolute Gasteiger partial charge is 0.315 e. The first-order valence-corrected chi connectivity index (χ1v) is 10.3. The first-order valence-electron chi connectivity index (χ1n) is 10.3. The maximum absolute atomic E-state index is 13.4. The molecule has 0 bridgehead atoms. The zero-order chi connectivity index (χ0) is 23.3. The number of aliphatic imine (C=N–C) groups is 1. The van der Waals surface area contributed by atoms with E-state index >= 15 is 0 Å². The molecule has 0 fully saturated rings. The van der Waals surface area contributed by atoms with E-state index in [1.807, 2.05) is 12.1 Å². The van der Waals surface area contributed by atoms with Crippen LogP contribution in [-0.2, 0) is 9.53 Å². The molecule has 0 amide bonds. The van der Waals surface area contributed by atoms with Gasteiger partial charge in [-0.1, -0.05) is 36.4 Å². The molecule has 2 atom stereocenters. The molecule has 3 aromatic rings. The lowest BCUT2D eigenvalue weighted by Gasteiger charge is -2.28. The van der Waals surface area contributed by atoms with Crippen LogP contribution in [0.2, 0.25) is 0 Å². The van der Waals surface area contributed by atoms with Gasteiger partial charge in [0, 0.05) is 28.5 Å². The highest BCUT2D eigenvalue weighted by molar-refractivity contribution is 6.24. The summed E-state index contributed by atoms with van der Waals surface area (Å²) in [7, 11) is 1.28. The van der Waals surface area contributed by atoms with Gasteiger partial charge >= 0.3 is 5.97 Å². The molecule has 2 aliphatic rings. The molecule has 0 radical (unpaired) electrons. The third-order valence-corrected chi connectivity index (χ3v) is 6.06. The molecule has 2 heterocycles. The lowest BCUT2D eigenvalue weighted by atomic mass is 9.78. The van der Waals surface area contributed by atoms with E-state index < -0.39 is 22.7 Å². The van der Waals surface area contributed by atoms with Gasteiger partial charge in [-0.15, -0.1) is 0 Å². The SMILES string of the molecule is COC(=O)C1C(C)=NC2=C(C(=O)c3ccccc32)[C@@H]1c1ccc(-c2ccccc2[N+](=O)[O-])o1. The summed E-state index contributed by atoms with van der Waals surface area (Å²) in [5.74, 6) is -1.80. The van der Waals surface area contributed by atoms with Crippen molar-refractivity contribution < 1.29 is 23.7 Å². The Bertz CT molecular complexity index is 1400. The number of nitro benzene ring substituents is 1. The second-order valence-electron chi connectivity index (χ2n) is 7.84. The van der Waals surface area contributed by atoms with Crippen molar-refractivity contribution >= 4 is 28.8 Å². The highest BCUT2D eigenvalue weighted by atomic mass is 16.6. The molecule has 8 heteroatoms. The quantitative estimate of drug-likeness (QED) is 0.326. The largest absolute Gasteiger partial charge is 0.468 e. The number of allylic oxidation sites excluding steroid dienone is 1. The number of rotatable bonds is 4. The summed E-state index contributed by atoms with van der Waals surface area (Å²) < 4.78 is 11.1. The number of benzene rings is 2. The van der Waals surface area contributed by atoms with Crippen molar-refractivity contribution in [2.75, 3.05) is 7.11 Å². The van der Waals surface area contributed by atoms with Crippen LogP contribution in [0.25, 0.3) is 17.0 Å². The van der Waals surface area contributed by atoms with Gasteiger partial charge in [0.05, 0.1) is 29.2 Å². The Balaban J connectivity index is 1.68. The fourth-order valence-electron chi connectivity index (χ4n) is 4.59. The minimum absolute atomic E-state index is 0.103. The van der Waals surface area contributed by atoms with Crippen LogP contribution in [0.5, 0.6) is 0 Å². The number of Topliss-reactive ketones (excluding diaryl/α,β-unsaturated/α-hetero) is 1. The van der Waals surface area contributed by atoms with Crippen molar-refractivity contribution in [1.29, 1.82) is 0 Å². The fourth-order valence-corrected chi connectivity index (χ4v) is 4.59. The molecule has 1 aliphatic carbocycles. The number of nitro groups is 1. The number of furan rings is 1. The number of ketones is 1. The van der Waals surface area contributed by atoms with Crippen LogP contribution in [0.1, 0.15) is 34.5 Å². The lowest BCUT2D eigenvalue weighted by Crippen LogP contribution is -2.34. The Morgan fingerprint density at radius 3 is 2.39 bits per heavy atom. The molecular weight excluding hydrogens is 424 g/mol. The van der Waals surface area contributed by atoms with Crippen molar-refractivity contribution in [2.24, 2.45) is 10.9 Å². The monoisotopic (exact) mass is 442 g/mol. The molecule has 1 aromatic heterocycles. The first-order chi connectivity index (χ1) is 15.9. The van der Waals surface area contributed by atoms with Crippen molar-refractivity contribution in [3.05, 3.63) is 93.2 Å². The van der Waals surface area contributed by atoms with Gasteiger partial charge in [0.1, 0.15) is 17.4 Å². The van der Waals surface area contributed by atoms with E-state index in [1.165, 1.54) is 13.2 Å². The van der Waals surface area contributed by atoms with E-state index in [4.69, 9.17) is 9.15 Å². The Hall–Kier alpha value is -4.33. The Morgan fingerprint density at radius 1 is 1.03 bits per heavy atom. The number of para-hydroxylation sites is 1. The highest BCUT2D eigenvalue weighted by Crippen LogP contribution is 2.49. The molecule has 0 spiro atoms. The molecule has 8 nitrogen and oxygen atoms in total. The normalized spacial score (nSPS) is 19.1.